The molecule has 0 saturated heterocycles. The third kappa shape index (κ3) is 5.88. The van der Waals surface area contributed by atoms with Gasteiger partial charge in [0.1, 0.15) is 18.2 Å². The first kappa shape index (κ1) is 21.5. The van der Waals surface area contributed by atoms with Crippen molar-refractivity contribution in [3.63, 3.8) is 0 Å². The number of imidazole rings is 1. The zero-order chi connectivity index (χ0) is 29.6. The maximum Gasteiger partial charge on any atom is 0.250 e. The molecule has 4 rings (SSSR count). The maximum absolute atomic E-state index is 13.8. The van der Waals surface area contributed by atoms with Crippen molar-refractivity contribution in [3.8, 4) is 28.2 Å². The lowest BCUT2D eigenvalue weighted by Gasteiger charge is -2.23. The van der Waals surface area contributed by atoms with Gasteiger partial charge in [-0.2, -0.15) is 4.57 Å². The van der Waals surface area contributed by atoms with Crippen LogP contribution in [0.4, 0.5) is 4.39 Å². The van der Waals surface area contributed by atoms with Gasteiger partial charge in [-0.05, 0) is 82.8 Å². The van der Waals surface area contributed by atoms with E-state index in [1.54, 1.807) is 22.9 Å². The van der Waals surface area contributed by atoms with E-state index in [9.17, 15) is 4.39 Å². The molecular formula is C31H37FIN3. The van der Waals surface area contributed by atoms with Gasteiger partial charge in [0.05, 0.1) is 14.9 Å². The Hall–Kier alpha value is -2.54. The average Bonchev–Trinajstić information content (AvgIpc) is 3.38. The molecule has 3 nitrogen and oxygen atoms in total. The number of pyridine rings is 1. The predicted octanol–water partition coefficient (Wildman–Crippen LogP) is 5.03. The standard InChI is InChI=1S/C31H37FN3.HI/c1-8-34-13-14-35(19-34)30-18-25(17-29(33-30)23-9-11-26(32)12-10-23)31-27(21(4)5)15-24(20(2)3)16-28(31)22(6)7;/h9-22H,8H2,1-7H3;1H/q+1;/p-1/i1D3,8D2;. The minimum Gasteiger partial charge on any atom is -1.00 e. The molecule has 36 heavy (non-hydrogen) atoms. The Morgan fingerprint density at radius 1 is 0.917 bits per heavy atom. The summed E-state index contributed by atoms with van der Waals surface area (Å²) in [6, 6.07) is 14.7. The van der Waals surface area contributed by atoms with Gasteiger partial charge in [-0.1, -0.05) is 53.7 Å². The van der Waals surface area contributed by atoms with Gasteiger partial charge >= 0.3 is 0 Å². The number of benzene rings is 2. The molecule has 4 aromatic rings. The lowest BCUT2D eigenvalue weighted by atomic mass is 9.81. The third-order valence-corrected chi connectivity index (χ3v) is 6.40. The highest BCUT2D eigenvalue weighted by molar-refractivity contribution is 5.78. The van der Waals surface area contributed by atoms with Gasteiger partial charge in [0, 0.05) is 15.7 Å². The van der Waals surface area contributed by atoms with Crippen molar-refractivity contribution in [1.82, 2.24) is 9.55 Å². The molecule has 0 unspecified atom stereocenters. The van der Waals surface area contributed by atoms with E-state index in [0.29, 0.717) is 17.4 Å². The van der Waals surface area contributed by atoms with Crippen molar-refractivity contribution in [1.29, 1.82) is 0 Å². The van der Waals surface area contributed by atoms with Gasteiger partial charge in [0.2, 0.25) is 12.1 Å². The molecule has 0 aliphatic rings. The van der Waals surface area contributed by atoms with E-state index in [0.717, 1.165) is 21.3 Å². The predicted molar refractivity (Wildman–Crippen MR) is 143 cm³/mol. The second-order valence-electron chi connectivity index (χ2n) is 9.98. The van der Waals surface area contributed by atoms with Crippen LogP contribution in [0.1, 0.15) is 89.7 Å². The van der Waals surface area contributed by atoms with Crippen molar-refractivity contribution in [2.75, 3.05) is 0 Å². The molecule has 2 aromatic heterocycles. The number of rotatable bonds is 7. The first-order valence-corrected chi connectivity index (χ1v) is 12.2. The smallest absolute Gasteiger partial charge is 0.250 e. The van der Waals surface area contributed by atoms with Crippen molar-refractivity contribution >= 4 is 0 Å². The number of hydrogen-bond donors (Lipinski definition) is 0. The summed E-state index contributed by atoms with van der Waals surface area (Å²) in [6.07, 6.45) is 4.40. The molecule has 5 heteroatoms. The first-order chi connectivity index (χ1) is 18.6. The quantitative estimate of drug-likeness (QED) is 0.215. The molecule has 2 aromatic carbocycles. The molecule has 0 saturated carbocycles. The van der Waals surface area contributed by atoms with Crippen LogP contribution in [0.5, 0.6) is 0 Å². The van der Waals surface area contributed by atoms with Crippen molar-refractivity contribution in [3.05, 3.63) is 89.8 Å². The minimum absolute atomic E-state index is 0. The second-order valence-corrected chi connectivity index (χ2v) is 9.98. The highest BCUT2D eigenvalue weighted by Gasteiger charge is 2.21. The van der Waals surface area contributed by atoms with Gasteiger partial charge in [-0.3, -0.25) is 0 Å². The lowest BCUT2D eigenvalue weighted by molar-refractivity contribution is -0.692. The largest absolute Gasteiger partial charge is 1.00 e. The van der Waals surface area contributed by atoms with Crippen molar-refractivity contribution < 1.29 is 39.8 Å². The number of aryl methyl sites for hydroxylation is 1. The number of nitrogens with zero attached hydrogens (tertiary/aromatic N) is 3. The molecule has 0 fully saturated rings. The van der Waals surface area contributed by atoms with Crippen LogP contribution < -0.4 is 28.5 Å². The van der Waals surface area contributed by atoms with Crippen LogP contribution in [0, 0.1) is 5.82 Å². The molecule has 0 aliphatic carbocycles. The molecular weight excluding hydrogens is 560 g/mol. The van der Waals surface area contributed by atoms with Crippen LogP contribution >= 0.6 is 0 Å². The van der Waals surface area contributed by atoms with Crippen LogP contribution in [0.3, 0.4) is 0 Å². The molecule has 0 aliphatic heterocycles. The van der Waals surface area contributed by atoms with E-state index in [2.05, 4.69) is 53.7 Å². The SMILES string of the molecule is [2H]C([2H])([2H])C([2H])([2H])[n+]1ccn(-c2cc(-c3c(C(C)C)cc(C(C)C)cc3C(C)C)cc(-c3ccc(F)cc3)n2)c1.[I-]. The Morgan fingerprint density at radius 2 is 1.56 bits per heavy atom. The summed E-state index contributed by atoms with van der Waals surface area (Å²) in [5.41, 5.74) is 7.15. The molecule has 0 spiro atoms. The third-order valence-electron chi connectivity index (χ3n) is 6.40. The fraction of sp³-hybridized carbons (Fsp3) is 0.355. The van der Waals surface area contributed by atoms with E-state index < -0.39 is 13.3 Å². The molecule has 0 N–H and O–H groups in total. The zero-order valence-corrected chi connectivity index (χ0v) is 23.8. The molecule has 2 heterocycles. The summed E-state index contributed by atoms with van der Waals surface area (Å²) in [5.74, 6) is 1.02. The highest BCUT2D eigenvalue weighted by atomic mass is 127. The van der Waals surface area contributed by atoms with Crippen LogP contribution in [-0.4, -0.2) is 9.55 Å². The summed E-state index contributed by atoms with van der Waals surface area (Å²) in [7, 11) is 0. The average molecular weight is 603 g/mol. The zero-order valence-electron chi connectivity index (χ0n) is 26.7. The Morgan fingerprint density at radius 3 is 2.11 bits per heavy atom. The van der Waals surface area contributed by atoms with Gasteiger partial charge in [0.15, 0.2) is 0 Å². The minimum atomic E-state index is -2.85. The molecule has 0 atom stereocenters. The molecule has 190 valence electrons. The molecule has 0 bridgehead atoms. The number of halogens is 2. The van der Waals surface area contributed by atoms with Crippen molar-refractivity contribution in [2.24, 2.45) is 0 Å². The fourth-order valence-corrected chi connectivity index (χ4v) is 4.41. The molecule has 0 radical (unpaired) electrons. The van der Waals surface area contributed by atoms with Crippen LogP contribution in [0.15, 0.2) is 67.3 Å². The number of hydrogen-bond acceptors (Lipinski definition) is 1. The van der Waals surface area contributed by atoms with Gasteiger partial charge < -0.3 is 24.0 Å². The fourth-order valence-electron chi connectivity index (χ4n) is 4.41. The molecule has 0 amide bonds. The maximum atomic E-state index is 13.8. The monoisotopic (exact) mass is 602 g/mol. The Balaban J connectivity index is 0.00000462. The lowest BCUT2D eigenvalue weighted by Crippen LogP contribution is -3.00. The Bertz CT molecular complexity index is 1480. The summed E-state index contributed by atoms with van der Waals surface area (Å²) in [6.45, 7) is 7.67. The Kier molecular flexibility index (Phi) is 6.98. The van der Waals surface area contributed by atoms with E-state index >= 15 is 0 Å². The normalized spacial score (nSPS) is 14.2. The second kappa shape index (κ2) is 11.7. The summed E-state index contributed by atoms with van der Waals surface area (Å²) in [4.78, 5) is 4.85. The van der Waals surface area contributed by atoms with E-state index in [1.165, 1.54) is 41.3 Å². The van der Waals surface area contributed by atoms with Crippen molar-refractivity contribution in [2.45, 2.75) is 72.6 Å². The highest BCUT2D eigenvalue weighted by Crippen LogP contribution is 2.40. The topological polar surface area (TPSA) is 21.7 Å². The van der Waals surface area contributed by atoms with Crippen LogP contribution in [-0.2, 0) is 6.50 Å². The van der Waals surface area contributed by atoms with E-state index in [1.807, 2.05) is 12.1 Å². The first-order valence-electron chi connectivity index (χ1n) is 14.7. The van der Waals surface area contributed by atoms with E-state index in [-0.39, 0.29) is 41.6 Å². The van der Waals surface area contributed by atoms with E-state index in [4.69, 9.17) is 11.8 Å². The Labute approximate surface area is 239 Å². The summed E-state index contributed by atoms with van der Waals surface area (Å²) in [5, 5.41) is 0. The van der Waals surface area contributed by atoms with Crippen LogP contribution in [0.25, 0.3) is 28.2 Å². The van der Waals surface area contributed by atoms with Gasteiger partial charge in [-0.15, -0.1) is 0 Å². The number of aromatic nitrogens is 3. The van der Waals surface area contributed by atoms with Gasteiger partial charge in [0.25, 0.3) is 0 Å². The summed E-state index contributed by atoms with van der Waals surface area (Å²) >= 11 is 0. The van der Waals surface area contributed by atoms with Crippen LogP contribution in [0.2, 0.25) is 0 Å². The summed E-state index contributed by atoms with van der Waals surface area (Å²) < 4.78 is 55.7. The van der Waals surface area contributed by atoms with Gasteiger partial charge in [-0.25, -0.2) is 13.9 Å².